The van der Waals surface area contributed by atoms with Gasteiger partial charge in [0.05, 0.1) is 4.47 Å². The summed E-state index contributed by atoms with van der Waals surface area (Å²) in [6.45, 7) is 4.95. The van der Waals surface area contributed by atoms with Gasteiger partial charge in [-0.15, -0.1) is 0 Å². The van der Waals surface area contributed by atoms with Crippen molar-refractivity contribution in [2.75, 3.05) is 13.1 Å². The van der Waals surface area contributed by atoms with E-state index < -0.39 is 0 Å². The summed E-state index contributed by atoms with van der Waals surface area (Å²) >= 11 is 3.17. The average Bonchev–Trinajstić information content (AvgIpc) is 2.22. The topological polar surface area (TPSA) is 29.3 Å². The van der Waals surface area contributed by atoms with Crippen LogP contribution in [0.5, 0.6) is 0 Å². The van der Waals surface area contributed by atoms with Crippen LogP contribution in [0.2, 0.25) is 0 Å². The molecule has 0 aromatic heterocycles. The van der Waals surface area contributed by atoms with Gasteiger partial charge in [-0.25, -0.2) is 4.39 Å². The van der Waals surface area contributed by atoms with E-state index in [9.17, 15) is 4.39 Å². The molecule has 2 unspecified atom stereocenters. The number of nitrogens with zero attached hydrogens (tertiary/aromatic N) is 1. The molecular formula is C13H18BrFN2. The summed E-state index contributed by atoms with van der Waals surface area (Å²) in [5.74, 6) is 0.427. The molecule has 94 valence electrons. The van der Waals surface area contributed by atoms with E-state index in [-0.39, 0.29) is 11.9 Å². The first-order chi connectivity index (χ1) is 8.04. The molecule has 0 saturated carbocycles. The fraction of sp³-hybridized carbons (Fsp3) is 0.538. The van der Waals surface area contributed by atoms with Gasteiger partial charge in [0, 0.05) is 25.7 Å². The molecule has 0 bridgehead atoms. The number of hydrogen-bond donors (Lipinski definition) is 1. The average molecular weight is 301 g/mol. The van der Waals surface area contributed by atoms with Gasteiger partial charge in [-0.3, -0.25) is 4.90 Å². The lowest BCUT2D eigenvalue weighted by molar-refractivity contribution is 0.158. The zero-order valence-corrected chi connectivity index (χ0v) is 11.6. The lowest BCUT2D eigenvalue weighted by Gasteiger charge is -2.34. The van der Waals surface area contributed by atoms with E-state index in [0.29, 0.717) is 10.4 Å². The molecule has 0 spiro atoms. The van der Waals surface area contributed by atoms with Crippen molar-refractivity contribution < 1.29 is 4.39 Å². The van der Waals surface area contributed by atoms with Crippen LogP contribution in [0.25, 0.3) is 0 Å². The van der Waals surface area contributed by atoms with E-state index in [0.717, 1.165) is 31.6 Å². The van der Waals surface area contributed by atoms with E-state index in [1.165, 1.54) is 0 Å². The molecule has 2 nitrogen and oxygen atoms in total. The van der Waals surface area contributed by atoms with Gasteiger partial charge in [0.15, 0.2) is 0 Å². The van der Waals surface area contributed by atoms with Crippen LogP contribution in [0.3, 0.4) is 0 Å². The summed E-state index contributed by atoms with van der Waals surface area (Å²) in [6, 6.07) is 5.56. The molecule has 2 atom stereocenters. The van der Waals surface area contributed by atoms with Crippen molar-refractivity contribution in [3.8, 4) is 0 Å². The Morgan fingerprint density at radius 3 is 2.88 bits per heavy atom. The molecule has 2 N–H and O–H groups in total. The second-order valence-electron chi connectivity index (χ2n) is 5.04. The molecule has 1 saturated heterocycles. The van der Waals surface area contributed by atoms with Gasteiger partial charge in [0.2, 0.25) is 0 Å². The van der Waals surface area contributed by atoms with Crippen LogP contribution < -0.4 is 5.73 Å². The van der Waals surface area contributed by atoms with Crippen molar-refractivity contribution in [2.45, 2.75) is 25.9 Å². The molecule has 4 heteroatoms. The quantitative estimate of drug-likeness (QED) is 0.910. The maximum absolute atomic E-state index is 13.4. The molecule has 1 aliphatic heterocycles. The molecule has 1 aromatic rings. The summed E-state index contributed by atoms with van der Waals surface area (Å²) in [6.07, 6.45) is 1.09. The fourth-order valence-corrected chi connectivity index (χ4v) is 2.78. The zero-order valence-electron chi connectivity index (χ0n) is 10.00. The smallest absolute Gasteiger partial charge is 0.137 e. The van der Waals surface area contributed by atoms with Crippen LogP contribution in [0.15, 0.2) is 22.7 Å². The third-order valence-corrected chi connectivity index (χ3v) is 3.80. The number of hydrogen-bond acceptors (Lipinski definition) is 2. The monoisotopic (exact) mass is 300 g/mol. The third kappa shape index (κ3) is 3.50. The maximum Gasteiger partial charge on any atom is 0.137 e. The van der Waals surface area contributed by atoms with Crippen molar-refractivity contribution in [3.63, 3.8) is 0 Å². The second kappa shape index (κ2) is 5.46. The Morgan fingerprint density at radius 1 is 1.47 bits per heavy atom. The number of likely N-dealkylation sites (tertiary alicyclic amines) is 1. The summed E-state index contributed by atoms with van der Waals surface area (Å²) in [7, 11) is 0. The molecule has 0 radical (unpaired) electrons. The predicted octanol–water partition coefficient (Wildman–Crippen LogP) is 2.76. The minimum atomic E-state index is -0.197. The Hall–Kier alpha value is -0.450. The number of benzene rings is 1. The van der Waals surface area contributed by atoms with E-state index >= 15 is 0 Å². The minimum absolute atomic E-state index is 0.197. The van der Waals surface area contributed by atoms with Crippen molar-refractivity contribution in [1.82, 2.24) is 4.90 Å². The van der Waals surface area contributed by atoms with Crippen LogP contribution in [0.1, 0.15) is 18.9 Å². The normalized spacial score (nSPS) is 26.1. The highest BCUT2D eigenvalue weighted by Gasteiger charge is 2.22. The summed E-state index contributed by atoms with van der Waals surface area (Å²) in [5, 5.41) is 0. The molecule has 1 heterocycles. The number of nitrogens with two attached hydrogens (primary N) is 1. The highest BCUT2D eigenvalue weighted by atomic mass is 79.9. The van der Waals surface area contributed by atoms with Gasteiger partial charge in [-0.1, -0.05) is 13.0 Å². The Morgan fingerprint density at radius 2 is 2.24 bits per heavy atom. The molecular weight excluding hydrogens is 283 g/mol. The first kappa shape index (κ1) is 13.0. The van der Waals surface area contributed by atoms with Gasteiger partial charge in [0.25, 0.3) is 0 Å². The highest BCUT2D eigenvalue weighted by molar-refractivity contribution is 9.10. The molecule has 0 aliphatic carbocycles. The zero-order chi connectivity index (χ0) is 12.4. The first-order valence-corrected chi connectivity index (χ1v) is 6.75. The first-order valence-electron chi connectivity index (χ1n) is 5.96. The van der Waals surface area contributed by atoms with Gasteiger partial charge >= 0.3 is 0 Å². The maximum atomic E-state index is 13.4. The summed E-state index contributed by atoms with van der Waals surface area (Å²) in [4.78, 5) is 2.31. The fourth-order valence-electron chi connectivity index (χ4n) is 2.54. The summed E-state index contributed by atoms with van der Waals surface area (Å²) in [5.41, 5.74) is 7.01. The van der Waals surface area contributed by atoms with Gasteiger partial charge < -0.3 is 5.73 Å². The van der Waals surface area contributed by atoms with Crippen molar-refractivity contribution in [1.29, 1.82) is 0 Å². The number of rotatable bonds is 2. The van der Waals surface area contributed by atoms with Crippen LogP contribution >= 0.6 is 15.9 Å². The van der Waals surface area contributed by atoms with Crippen LogP contribution in [0, 0.1) is 11.7 Å². The largest absolute Gasteiger partial charge is 0.327 e. The molecule has 17 heavy (non-hydrogen) atoms. The standard InChI is InChI=1S/C13H18BrFN2/c1-9-4-11(16)8-17(6-9)7-10-2-3-12(14)13(15)5-10/h2-3,5,9,11H,4,6-8,16H2,1H3. The summed E-state index contributed by atoms with van der Waals surface area (Å²) < 4.78 is 13.9. The van der Waals surface area contributed by atoms with Crippen LogP contribution in [-0.4, -0.2) is 24.0 Å². The molecule has 2 rings (SSSR count). The van der Waals surface area contributed by atoms with Crippen molar-refractivity contribution in [2.24, 2.45) is 11.7 Å². The molecule has 1 aliphatic rings. The van der Waals surface area contributed by atoms with Crippen LogP contribution in [-0.2, 0) is 6.54 Å². The Kier molecular flexibility index (Phi) is 4.17. The Balaban J connectivity index is 2.02. The Bertz CT molecular complexity index is 387. The van der Waals surface area contributed by atoms with Gasteiger partial charge in [-0.2, -0.15) is 0 Å². The van der Waals surface area contributed by atoms with Gasteiger partial charge in [-0.05, 0) is 46.0 Å². The second-order valence-corrected chi connectivity index (χ2v) is 5.90. The van der Waals surface area contributed by atoms with E-state index in [4.69, 9.17) is 5.73 Å². The van der Waals surface area contributed by atoms with E-state index in [2.05, 4.69) is 27.8 Å². The molecule has 1 fully saturated rings. The van der Waals surface area contributed by atoms with E-state index in [1.54, 1.807) is 12.1 Å². The van der Waals surface area contributed by atoms with Crippen molar-refractivity contribution >= 4 is 15.9 Å². The molecule has 0 amide bonds. The third-order valence-electron chi connectivity index (χ3n) is 3.16. The molecule has 1 aromatic carbocycles. The van der Waals surface area contributed by atoms with Crippen molar-refractivity contribution in [3.05, 3.63) is 34.1 Å². The van der Waals surface area contributed by atoms with E-state index in [1.807, 2.05) is 6.07 Å². The lowest BCUT2D eigenvalue weighted by atomic mass is 9.96. The van der Waals surface area contributed by atoms with Crippen LogP contribution in [0.4, 0.5) is 4.39 Å². The predicted molar refractivity (Wildman–Crippen MR) is 71.1 cm³/mol. The SMILES string of the molecule is CC1CC(N)CN(Cc2ccc(Br)c(F)c2)C1. The number of piperidine rings is 1. The number of halogens is 2. The highest BCUT2D eigenvalue weighted by Crippen LogP contribution is 2.20. The minimum Gasteiger partial charge on any atom is -0.327 e. The lowest BCUT2D eigenvalue weighted by Crippen LogP contribution is -2.45. The Labute approximate surface area is 110 Å². The van der Waals surface area contributed by atoms with Gasteiger partial charge in [0.1, 0.15) is 5.82 Å².